The van der Waals surface area contributed by atoms with E-state index in [0.29, 0.717) is 5.92 Å². The Morgan fingerprint density at radius 3 is 2.70 bits per heavy atom. The molecule has 1 aliphatic heterocycles. The third-order valence-corrected chi connectivity index (χ3v) is 3.93. The number of alkyl halides is 3. The number of hydrogen-bond acceptors (Lipinski definition) is 2. The predicted octanol–water partition coefficient (Wildman–Crippen LogP) is 3.06. The zero-order valence-corrected chi connectivity index (χ0v) is 11.9. The Morgan fingerprint density at radius 2 is 2.10 bits per heavy atom. The summed E-state index contributed by atoms with van der Waals surface area (Å²) in [5.74, 6) is 0.648. The molecule has 0 saturated carbocycles. The minimum Gasteiger partial charge on any atom is -0.319 e. The third kappa shape index (κ3) is 3.73. The van der Waals surface area contributed by atoms with E-state index < -0.39 is 11.7 Å². The van der Waals surface area contributed by atoms with E-state index >= 15 is 0 Å². The van der Waals surface area contributed by atoms with Crippen molar-refractivity contribution in [1.82, 2.24) is 10.2 Å². The molecule has 1 saturated heterocycles. The second-order valence-electron chi connectivity index (χ2n) is 5.59. The van der Waals surface area contributed by atoms with Crippen LogP contribution in [0.2, 0.25) is 0 Å². The fourth-order valence-corrected chi connectivity index (χ4v) is 2.80. The van der Waals surface area contributed by atoms with Crippen molar-refractivity contribution in [2.45, 2.75) is 26.1 Å². The number of benzene rings is 1. The standard InChI is InChI=1S/C15H21F3N2/c1-11-7-14(15(16,17)18)4-3-13(11)10-20-6-5-12(9-20)8-19-2/h3-4,7,12,19H,5-6,8-10H2,1-2H3. The van der Waals surface area contributed by atoms with Crippen LogP contribution in [0.1, 0.15) is 23.1 Å². The van der Waals surface area contributed by atoms with Crippen molar-refractivity contribution in [2.24, 2.45) is 5.92 Å². The minimum absolute atomic E-state index is 0.562. The van der Waals surface area contributed by atoms with Crippen LogP contribution in [0.5, 0.6) is 0 Å². The van der Waals surface area contributed by atoms with Crippen LogP contribution in [0, 0.1) is 12.8 Å². The van der Waals surface area contributed by atoms with Gasteiger partial charge in [-0.1, -0.05) is 6.07 Å². The quantitative estimate of drug-likeness (QED) is 0.915. The summed E-state index contributed by atoms with van der Waals surface area (Å²) in [5.41, 5.74) is 1.15. The second kappa shape index (κ2) is 6.14. The van der Waals surface area contributed by atoms with E-state index in [1.807, 2.05) is 7.05 Å². The van der Waals surface area contributed by atoms with Gasteiger partial charge in [0.05, 0.1) is 5.56 Å². The highest BCUT2D eigenvalue weighted by atomic mass is 19.4. The zero-order valence-electron chi connectivity index (χ0n) is 11.9. The molecule has 2 rings (SSSR count). The SMILES string of the molecule is CNCC1CCN(Cc2ccc(C(F)(F)F)cc2C)C1. The first-order valence-electron chi connectivity index (χ1n) is 6.94. The van der Waals surface area contributed by atoms with Crippen molar-refractivity contribution in [3.63, 3.8) is 0 Å². The Kier molecular flexibility index (Phi) is 4.70. The molecule has 0 spiro atoms. The van der Waals surface area contributed by atoms with Gasteiger partial charge in [0.15, 0.2) is 0 Å². The highest BCUT2D eigenvalue weighted by Gasteiger charge is 2.30. The molecule has 1 N–H and O–H groups in total. The maximum absolute atomic E-state index is 12.6. The molecule has 1 unspecified atom stereocenters. The first-order valence-corrected chi connectivity index (χ1v) is 6.94. The summed E-state index contributed by atoms with van der Waals surface area (Å²) in [5, 5.41) is 3.18. The summed E-state index contributed by atoms with van der Waals surface area (Å²) in [7, 11) is 1.95. The van der Waals surface area contributed by atoms with Crippen LogP contribution in [0.15, 0.2) is 18.2 Å². The molecule has 1 aromatic rings. The first-order chi connectivity index (χ1) is 9.40. The van der Waals surface area contributed by atoms with Gasteiger partial charge in [-0.15, -0.1) is 0 Å². The summed E-state index contributed by atoms with van der Waals surface area (Å²) in [4.78, 5) is 2.32. The van der Waals surface area contributed by atoms with Gasteiger partial charge in [-0.3, -0.25) is 4.90 Å². The molecule has 1 atom stereocenters. The van der Waals surface area contributed by atoms with Crippen LogP contribution < -0.4 is 5.32 Å². The summed E-state index contributed by atoms with van der Waals surface area (Å²) in [6, 6.07) is 4.05. The number of nitrogens with zero attached hydrogens (tertiary/aromatic N) is 1. The normalized spacial score (nSPS) is 20.6. The number of aryl methyl sites for hydroxylation is 1. The molecule has 5 heteroatoms. The summed E-state index contributed by atoms with van der Waals surface area (Å²) >= 11 is 0. The van der Waals surface area contributed by atoms with Crippen molar-refractivity contribution in [1.29, 1.82) is 0 Å². The largest absolute Gasteiger partial charge is 0.416 e. The van der Waals surface area contributed by atoms with Gasteiger partial charge >= 0.3 is 6.18 Å². The molecule has 20 heavy (non-hydrogen) atoms. The molecule has 0 aromatic heterocycles. The van der Waals surface area contributed by atoms with Crippen molar-refractivity contribution < 1.29 is 13.2 Å². The van der Waals surface area contributed by atoms with E-state index in [-0.39, 0.29) is 0 Å². The summed E-state index contributed by atoms with van der Waals surface area (Å²) in [6.45, 7) is 5.53. The van der Waals surface area contributed by atoms with Crippen molar-refractivity contribution in [3.05, 3.63) is 34.9 Å². The maximum Gasteiger partial charge on any atom is 0.416 e. The minimum atomic E-state index is -4.26. The van der Waals surface area contributed by atoms with Crippen LogP contribution in [0.25, 0.3) is 0 Å². The fraction of sp³-hybridized carbons (Fsp3) is 0.600. The second-order valence-corrected chi connectivity index (χ2v) is 5.59. The van der Waals surface area contributed by atoms with E-state index in [9.17, 15) is 13.2 Å². The molecule has 2 nitrogen and oxygen atoms in total. The highest BCUT2D eigenvalue weighted by molar-refractivity contribution is 5.32. The Labute approximate surface area is 118 Å². The molecular weight excluding hydrogens is 265 g/mol. The highest BCUT2D eigenvalue weighted by Crippen LogP contribution is 2.31. The zero-order chi connectivity index (χ0) is 14.8. The molecular formula is C15H21F3N2. The number of nitrogens with one attached hydrogen (secondary N) is 1. The first kappa shape index (κ1) is 15.3. The number of rotatable bonds is 4. The Bertz CT molecular complexity index is 457. The molecule has 1 heterocycles. The van der Waals surface area contributed by atoms with E-state index in [1.54, 1.807) is 13.0 Å². The average molecular weight is 286 g/mol. The van der Waals surface area contributed by atoms with Gasteiger partial charge in [0, 0.05) is 13.1 Å². The van der Waals surface area contributed by atoms with Gasteiger partial charge in [-0.25, -0.2) is 0 Å². The van der Waals surface area contributed by atoms with Crippen molar-refractivity contribution in [3.8, 4) is 0 Å². The van der Waals surface area contributed by atoms with Gasteiger partial charge in [-0.05, 0) is 62.7 Å². The van der Waals surface area contributed by atoms with E-state index in [4.69, 9.17) is 0 Å². The topological polar surface area (TPSA) is 15.3 Å². The van der Waals surface area contributed by atoms with Crippen molar-refractivity contribution >= 4 is 0 Å². The number of likely N-dealkylation sites (tertiary alicyclic amines) is 1. The van der Waals surface area contributed by atoms with Crippen LogP contribution in [0.3, 0.4) is 0 Å². The molecule has 112 valence electrons. The maximum atomic E-state index is 12.6. The lowest BCUT2D eigenvalue weighted by molar-refractivity contribution is -0.137. The molecule has 0 radical (unpaired) electrons. The lowest BCUT2D eigenvalue weighted by atomic mass is 10.0. The summed E-state index contributed by atoms with van der Waals surface area (Å²) in [6.07, 6.45) is -3.10. The molecule has 0 bridgehead atoms. The average Bonchev–Trinajstić information content (AvgIpc) is 2.78. The molecule has 0 amide bonds. The van der Waals surface area contributed by atoms with Crippen LogP contribution in [-0.2, 0) is 12.7 Å². The van der Waals surface area contributed by atoms with E-state index in [0.717, 1.165) is 43.7 Å². The van der Waals surface area contributed by atoms with Crippen LogP contribution in [0.4, 0.5) is 13.2 Å². The number of hydrogen-bond donors (Lipinski definition) is 1. The summed E-state index contributed by atoms with van der Waals surface area (Å²) < 4.78 is 37.9. The Hall–Kier alpha value is -1.07. The monoisotopic (exact) mass is 286 g/mol. The van der Waals surface area contributed by atoms with Gasteiger partial charge in [0.2, 0.25) is 0 Å². The van der Waals surface area contributed by atoms with Crippen LogP contribution >= 0.6 is 0 Å². The van der Waals surface area contributed by atoms with Crippen molar-refractivity contribution in [2.75, 3.05) is 26.7 Å². The fourth-order valence-electron chi connectivity index (χ4n) is 2.80. The Balaban J connectivity index is 2.01. The third-order valence-electron chi connectivity index (χ3n) is 3.93. The lowest BCUT2D eigenvalue weighted by Gasteiger charge is -2.18. The Morgan fingerprint density at radius 1 is 1.35 bits per heavy atom. The van der Waals surface area contributed by atoms with Gasteiger partial charge < -0.3 is 5.32 Å². The smallest absolute Gasteiger partial charge is 0.319 e. The predicted molar refractivity (Wildman–Crippen MR) is 73.5 cm³/mol. The van der Waals surface area contributed by atoms with E-state index in [2.05, 4.69) is 10.2 Å². The molecule has 0 aliphatic carbocycles. The number of halogens is 3. The van der Waals surface area contributed by atoms with Gasteiger partial charge in [0.1, 0.15) is 0 Å². The molecule has 1 aromatic carbocycles. The van der Waals surface area contributed by atoms with Crippen LogP contribution in [-0.4, -0.2) is 31.6 Å². The van der Waals surface area contributed by atoms with Gasteiger partial charge in [0.25, 0.3) is 0 Å². The molecule has 1 aliphatic rings. The van der Waals surface area contributed by atoms with Gasteiger partial charge in [-0.2, -0.15) is 13.2 Å². The lowest BCUT2D eigenvalue weighted by Crippen LogP contribution is -2.24. The molecule has 1 fully saturated rings. The van der Waals surface area contributed by atoms with E-state index in [1.165, 1.54) is 12.1 Å².